The van der Waals surface area contributed by atoms with Gasteiger partial charge in [-0.25, -0.2) is 9.59 Å². The zero-order valence-corrected chi connectivity index (χ0v) is 14.4. The molecule has 0 bridgehead atoms. The number of esters is 1. The van der Waals surface area contributed by atoms with Crippen LogP contribution in [-0.4, -0.2) is 17.7 Å². The second-order valence-corrected chi connectivity index (χ2v) is 5.92. The van der Waals surface area contributed by atoms with E-state index in [-0.39, 0.29) is 24.5 Å². The van der Waals surface area contributed by atoms with Gasteiger partial charge in [0.25, 0.3) is 0 Å². The van der Waals surface area contributed by atoms with E-state index in [9.17, 15) is 14.7 Å². The van der Waals surface area contributed by atoms with Crippen LogP contribution in [0.4, 0.5) is 0 Å². The first-order valence-electron chi connectivity index (χ1n) is 8.04. The zero-order chi connectivity index (χ0) is 18.7. The predicted octanol–water partition coefficient (Wildman–Crippen LogP) is 3.24. The maximum Gasteiger partial charge on any atom is 0.344 e. The molecule has 0 amide bonds. The number of rotatable bonds is 5. The van der Waals surface area contributed by atoms with E-state index in [1.807, 2.05) is 26.0 Å². The van der Waals surface area contributed by atoms with Gasteiger partial charge in [0.15, 0.2) is 6.61 Å². The van der Waals surface area contributed by atoms with Gasteiger partial charge in [0.05, 0.1) is 0 Å². The van der Waals surface area contributed by atoms with Crippen LogP contribution in [0.25, 0.3) is 11.0 Å². The van der Waals surface area contributed by atoms with Crippen molar-refractivity contribution in [1.82, 2.24) is 0 Å². The summed E-state index contributed by atoms with van der Waals surface area (Å²) in [6, 6.07) is 11.3. The molecule has 1 aromatic heterocycles. The Morgan fingerprint density at radius 2 is 1.96 bits per heavy atom. The monoisotopic (exact) mass is 354 g/mol. The lowest BCUT2D eigenvalue weighted by molar-refractivity contribution is -0.147. The van der Waals surface area contributed by atoms with E-state index in [1.165, 1.54) is 18.2 Å². The topological polar surface area (TPSA) is 86.0 Å². The van der Waals surface area contributed by atoms with Gasteiger partial charge in [-0.3, -0.25) is 0 Å². The fourth-order valence-electron chi connectivity index (χ4n) is 2.56. The molecule has 0 radical (unpaired) electrons. The third-order valence-electron chi connectivity index (χ3n) is 4.10. The molecule has 0 aliphatic carbocycles. The van der Waals surface area contributed by atoms with Crippen molar-refractivity contribution < 1.29 is 23.8 Å². The van der Waals surface area contributed by atoms with Crippen LogP contribution in [-0.2, 0) is 16.1 Å². The van der Waals surface area contributed by atoms with Crippen molar-refractivity contribution >= 4 is 16.9 Å². The Balaban J connectivity index is 1.67. The first kappa shape index (κ1) is 17.5. The van der Waals surface area contributed by atoms with E-state index in [4.69, 9.17) is 13.9 Å². The Morgan fingerprint density at radius 3 is 2.77 bits per heavy atom. The molecule has 26 heavy (non-hydrogen) atoms. The van der Waals surface area contributed by atoms with Gasteiger partial charge in [0, 0.05) is 23.1 Å². The molecular formula is C20H18O6. The molecule has 0 saturated carbocycles. The zero-order valence-electron chi connectivity index (χ0n) is 14.4. The van der Waals surface area contributed by atoms with Crippen LogP contribution in [0.1, 0.15) is 16.7 Å². The van der Waals surface area contributed by atoms with Crippen molar-refractivity contribution in [3.05, 3.63) is 69.6 Å². The smallest absolute Gasteiger partial charge is 0.344 e. The summed E-state index contributed by atoms with van der Waals surface area (Å²) in [6.45, 7) is 3.55. The second-order valence-electron chi connectivity index (χ2n) is 5.92. The first-order valence-corrected chi connectivity index (χ1v) is 8.04. The summed E-state index contributed by atoms with van der Waals surface area (Å²) < 4.78 is 15.8. The minimum atomic E-state index is -0.583. The molecule has 1 N–H and O–H groups in total. The minimum Gasteiger partial charge on any atom is -0.508 e. The Bertz CT molecular complexity index is 1020. The van der Waals surface area contributed by atoms with Gasteiger partial charge in [0.1, 0.15) is 23.7 Å². The number of carbonyl (C=O) groups excluding carboxylic acids is 1. The number of phenols is 1. The molecular weight excluding hydrogens is 336 g/mol. The van der Waals surface area contributed by atoms with Gasteiger partial charge in [-0.05, 0) is 43.2 Å². The molecule has 0 atom stereocenters. The lowest BCUT2D eigenvalue weighted by atomic mass is 10.1. The number of benzene rings is 2. The number of aryl methyl sites for hydroxylation is 1. The highest BCUT2D eigenvalue weighted by Gasteiger charge is 2.11. The second kappa shape index (κ2) is 7.31. The third-order valence-corrected chi connectivity index (χ3v) is 4.10. The first-order chi connectivity index (χ1) is 12.4. The van der Waals surface area contributed by atoms with E-state index < -0.39 is 11.6 Å². The number of hydrogen-bond acceptors (Lipinski definition) is 6. The van der Waals surface area contributed by atoms with E-state index in [2.05, 4.69) is 0 Å². The van der Waals surface area contributed by atoms with Crippen molar-refractivity contribution in [1.29, 1.82) is 0 Å². The third kappa shape index (κ3) is 3.85. The summed E-state index contributed by atoms with van der Waals surface area (Å²) in [6.07, 6.45) is 0. The molecule has 3 aromatic rings. The lowest BCUT2D eigenvalue weighted by Gasteiger charge is -2.11. The van der Waals surface area contributed by atoms with Gasteiger partial charge in [-0.2, -0.15) is 0 Å². The number of hydrogen-bond donors (Lipinski definition) is 1. The molecule has 1 heterocycles. The molecule has 0 aliphatic heterocycles. The summed E-state index contributed by atoms with van der Waals surface area (Å²) in [7, 11) is 0. The van der Waals surface area contributed by atoms with Crippen LogP contribution in [0.5, 0.6) is 11.5 Å². The molecule has 0 saturated heterocycles. The van der Waals surface area contributed by atoms with Gasteiger partial charge in [0.2, 0.25) is 0 Å². The molecule has 6 heteroatoms. The molecule has 0 aliphatic rings. The highest BCUT2D eigenvalue weighted by molar-refractivity contribution is 5.81. The Kier molecular flexibility index (Phi) is 4.93. The molecule has 3 rings (SSSR count). The predicted molar refractivity (Wildman–Crippen MR) is 95.4 cm³/mol. The molecule has 134 valence electrons. The highest BCUT2D eigenvalue weighted by atomic mass is 16.6. The van der Waals surface area contributed by atoms with Gasteiger partial charge >= 0.3 is 11.6 Å². The summed E-state index contributed by atoms with van der Waals surface area (Å²) in [5.41, 5.74) is 2.18. The van der Waals surface area contributed by atoms with Gasteiger partial charge < -0.3 is 19.0 Å². The van der Waals surface area contributed by atoms with Crippen molar-refractivity contribution in [2.45, 2.75) is 20.5 Å². The van der Waals surface area contributed by atoms with E-state index in [1.54, 1.807) is 12.1 Å². The number of ether oxygens (including phenoxy) is 2. The summed E-state index contributed by atoms with van der Waals surface area (Å²) in [5, 5.41) is 10.1. The SMILES string of the molecule is Cc1cccc(OCC(=O)OCc2cc(=O)oc3cc(O)ccc23)c1C. The van der Waals surface area contributed by atoms with Crippen LogP contribution in [0.2, 0.25) is 0 Å². The average Bonchev–Trinajstić information content (AvgIpc) is 2.60. The average molecular weight is 354 g/mol. The number of carbonyl (C=O) groups is 1. The van der Waals surface area contributed by atoms with Crippen LogP contribution in [0, 0.1) is 13.8 Å². The maximum absolute atomic E-state index is 12.0. The quantitative estimate of drug-likeness (QED) is 0.559. The largest absolute Gasteiger partial charge is 0.508 e. The molecule has 0 unspecified atom stereocenters. The molecule has 2 aromatic carbocycles. The van der Waals surface area contributed by atoms with E-state index in [0.29, 0.717) is 16.7 Å². The Labute approximate surface area is 149 Å². The molecule has 0 fully saturated rings. The summed E-state index contributed by atoms with van der Waals surface area (Å²) >= 11 is 0. The van der Waals surface area contributed by atoms with E-state index in [0.717, 1.165) is 11.1 Å². The van der Waals surface area contributed by atoms with Crippen molar-refractivity contribution in [2.24, 2.45) is 0 Å². The van der Waals surface area contributed by atoms with Crippen LogP contribution in [0.3, 0.4) is 0 Å². The summed E-state index contributed by atoms with van der Waals surface area (Å²) in [4.78, 5) is 23.6. The lowest BCUT2D eigenvalue weighted by Crippen LogP contribution is -2.16. The van der Waals surface area contributed by atoms with Crippen molar-refractivity contribution in [3.8, 4) is 11.5 Å². The fourth-order valence-corrected chi connectivity index (χ4v) is 2.56. The normalized spacial score (nSPS) is 10.7. The Hall–Kier alpha value is -3.28. The maximum atomic E-state index is 12.0. The number of aromatic hydroxyl groups is 1. The fraction of sp³-hybridized carbons (Fsp3) is 0.200. The van der Waals surface area contributed by atoms with Crippen LogP contribution < -0.4 is 10.4 Å². The number of fused-ring (bicyclic) bond motifs is 1. The van der Waals surface area contributed by atoms with Crippen molar-refractivity contribution in [2.75, 3.05) is 6.61 Å². The van der Waals surface area contributed by atoms with Crippen molar-refractivity contribution in [3.63, 3.8) is 0 Å². The van der Waals surface area contributed by atoms with Crippen LogP contribution in [0.15, 0.2) is 51.7 Å². The van der Waals surface area contributed by atoms with Gasteiger partial charge in [-0.15, -0.1) is 0 Å². The molecule has 6 nitrogen and oxygen atoms in total. The van der Waals surface area contributed by atoms with Gasteiger partial charge in [-0.1, -0.05) is 12.1 Å². The highest BCUT2D eigenvalue weighted by Crippen LogP contribution is 2.23. The standard InChI is InChI=1S/C20H18O6/c1-12-4-3-5-17(13(12)2)24-11-20(23)25-10-14-8-19(22)26-18-9-15(21)6-7-16(14)18/h3-9,21H,10-11H2,1-2H3. The van der Waals surface area contributed by atoms with E-state index >= 15 is 0 Å². The van der Waals surface area contributed by atoms with Crippen LogP contribution >= 0.6 is 0 Å². The Morgan fingerprint density at radius 1 is 1.15 bits per heavy atom. The summed E-state index contributed by atoms with van der Waals surface area (Å²) in [5.74, 6) is 0.0611. The molecule has 0 spiro atoms. The minimum absolute atomic E-state index is 0.0169. The number of phenolic OH excluding ortho intramolecular Hbond substituents is 1.